The van der Waals surface area contributed by atoms with Gasteiger partial charge < -0.3 is 9.52 Å². The molecule has 1 unspecified atom stereocenters. The Labute approximate surface area is 210 Å². The number of hydrogen-bond donors (Lipinski definition) is 1. The maximum absolute atomic E-state index is 13.3. The van der Waals surface area contributed by atoms with Gasteiger partial charge in [-0.3, -0.25) is 4.90 Å². The highest BCUT2D eigenvalue weighted by Gasteiger charge is 2.33. The predicted octanol–water partition coefficient (Wildman–Crippen LogP) is 6.63. The zero-order chi connectivity index (χ0) is 25.1. The fourth-order valence-corrected chi connectivity index (χ4v) is 4.59. The van der Waals surface area contributed by atoms with E-state index in [0.29, 0.717) is 18.7 Å². The van der Waals surface area contributed by atoms with Crippen LogP contribution in [0.25, 0.3) is 28.3 Å². The monoisotopic (exact) mass is 481 g/mol. The van der Waals surface area contributed by atoms with Crippen molar-refractivity contribution in [1.29, 1.82) is 0 Å². The molecule has 0 spiro atoms. The molecule has 0 bridgehead atoms. The van der Waals surface area contributed by atoms with E-state index in [2.05, 4.69) is 5.10 Å². The Morgan fingerprint density at radius 1 is 0.917 bits per heavy atom. The summed E-state index contributed by atoms with van der Waals surface area (Å²) in [7, 11) is 1.91. The fraction of sp³-hybridized carbons (Fsp3) is 0.167. The van der Waals surface area contributed by atoms with E-state index in [0.717, 1.165) is 33.6 Å². The first-order valence-corrected chi connectivity index (χ1v) is 12.0. The summed E-state index contributed by atoms with van der Waals surface area (Å²) in [5, 5.41) is 16.3. The van der Waals surface area contributed by atoms with Crippen LogP contribution in [0.2, 0.25) is 0 Å². The molecule has 0 amide bonds. The van der Waals surface area contributed by atoms with E-state index in [-0.39, 0.29) is 5.82 Å². The molecule has 0 fully saturated rings. The molecule has 0 saturated carbocycles. The highest BCUT2D eigenvalue weighted by atomic mass is 19.1. The molecule has 2 heterocycles. The van der Waals surface area contributed by atoms with Gasteiger partial charge in [-0.05, 0) is 66.6 Å². The van der Waals surface area contributed by atoms with Gasteiger partial charge in [-0.2, -0.15) is 5.10 Å². The van der Waals surface area contributed by atoms with Crippen LogP contribution < -0.4 is 0 Å². The van der Waals surface area contributed by atoms with E-state index in [9.17, 15) is 9.50 Å². The Balaban J connectivity index is 1.49. The Hall–Kier alpha value is -4.00. The van der Waals surface area contributed by atoms with Gasteiger partial charge in [0.2, 0.25) is 0 Å². The summed E-state index contributed by atoms with van der Waals surface area (Å²) in [6.45, 7) is 2.44. The lowest BCUT2D eigenvalue weighted by atomic mass is 9.98. The summed E-state index contributed by atoms with van der Waals surface area (Å²) in [5.74, 6) is 0.438. The van der Waals surface area contributed by atoms with Crippen LogP contribution in [-0.4, -0.2) is 26.8 Å². The summed E-state index contributed by atoms with van der Waals surface area (Å²) in [6, 6.07) is 27.9. The molecule has 1 N–H and O–H groups in total. The van der Waals surface area contributed by atoms with Gasteiger partial charge in [0.05, 0.1) is 18.1 Å². The van der Waals surface area contributed by atoms with Crippen molar-refractivity contribution in [2.45, 2.75) is 25.6 Å². The second-order valence-corrected chi connectivity index (χ2v) is 8.85. The van der Waals surface area contributed by atoms with Crippen molar-refractivity contribution in [2.75, 3.05) is 7.05 Å². The minimum atomic E-state index is -1.12. The minimum Gasteiger partial charge on any atom is -0.463 e. The summed E-state index contributed by atoms with van der Waals surface area (Å²) in [4.78, 5) is 1.94. The Morgan fingerprint density at radius 3 is 2.19 bits per heavy atom. The molecule has 5 rings (SSSR count). The first-order chi connectivity index (χ1) is 17.5. The number of aromatic nitrogens is 2. The highest BCUT2D eigenvalue weighted by molar-refractivity contribution is 5.66. The fourth-order valence-electron chi connectivity index (χ4n) is 4.59. The average molecular weight is 482 g/mol. The zero-order valence-corrected chi connectivity index (χ0v) is 20.3. The van der Waals surface area contributed by atoms with Crippen molar-refractivity contribution in [2.24, 2.45) is 0 Å². The number of aliphatic hydroxyl groups is 1. The number of hydrogen-bond acceptors (Lipinski definition) is 4. The van der Waals surface area contributed by atoms with Crippen molar-refractivity contribution >= 4 is 0 Å². The van der Waals surface area contributed by atoms with Crippen molar-refractivity contribution in [3.05, 3.63) is 120 Å². The van der Waals surface area contributed by atoms with Crippen molar-refractivity contribution in [3.63, 3.8) is 0 Å². The van der Waals surface area contributed by atoms with Crippen molar-refractivity contribution in [1.82, 2.24) is 14.7 Å². The van der Waals surface area contributed by atoms with Gasteiger partial charge >= 0.3 is 0 Å². The molecular formula is C30H28FN3O2. The van der Waals surface area contributed by atoms with Crippen LogP contribution >= 0.6 is 0 Å². The van der Waals surface area contributed by atoms with Gasteiger partial charge in [0.15, 0.2) is 5.76 Å². The summed E-state index contributed by atoms with van der Waals surface area (Å²) in [6.07, 6.45) is 4.00. The molecular weight excluding hydrogens is 453 g/mol. The molecule has 3 aromatic carbocycles. The van der Waals surface area contributed by atoms with Crippen LogP contribution in [0.4, 0.5) is 4.39 Å². The Bertz CT molecular complexity index is 1410. The molecule has 0 saturated heterocycles. The van der Waals surface area contributed by atoms with Gasteiger partial charge in [-0.25, -0.2) is 9.07 Å². The lowest BCUT2D eigenvalue weighted by molar-refractivity contribution is -0.110. The average Bonchev–Trinajstić information content (AvgIpc) is 3.59. The molecule has 0 radical (unpaired) electrons. The van der Waals surface area contributed by atoms with Gasteiger partial charge in [0.1, 0.15) is 17.2 Å². The SMILES string of the molecule is CCC(O)(c1ccccc1)N(C)Cc1cnn(-c2ccc(-c3ccc(F)cc3)cc2)c1-c1ccco1. The molecule has 0 aliphatic rings. The van der Waals surface area contributed by atoms with Crippen LogP contribution in [0.3, 0.4) is 0 Å². The van der Waals surface area contributed by atoms with Gasteiger partial charge in [0, 0.05) is 12.1 Å². The molecule has 0 aliphatic carbocycles. The molecule has 182 valence electrons. The van der Waals surface area contributed by atoms with Gasteiger partial charge in [0.25, 0.3) is 0 Å². The van der Waals surface area contributed by atoms with Crippen molar-refractivity contribution < 1.29 is 13.9 Å². The third-order valence-corrected chi connectivity index (χ3v) is 6.66. The maximum atomic E-state index is 13.3. The van der Waals surface area contributed by atoms with E-state index in [4.69, 9.17) is 4.42 Å². The second-order valence-electron chi connectivity index (χ2n) is 8.85. The second kappa shape index (κ2) is 9.93. The number of nitrogens with zero attached hydrogens (tertiary/aromatic N) is 3. The first kappa shape index (κ1) is 23.7. The molecule has 0 aliphatic heterocycles. The molecule has 5 nitrogen and oxygen atoms in total. The van der Waals surface area contributed by atoms with E-state index in [1.54, 1.807) is 18.4 Å². The Kier molecular flexibility index (Phi) is 6.55. The maximum Gasteiger partial charge on any atom is 0.152 e. The molecule has 5 aromatic rings. The molecule has 1 atom stereocenters. The van der Waals surface area contributed by atoms with E-state index >= 15 is 0 Å². The highest BCUT2D eigenvalue weighted by Crippen LogP contribution is 2.33. The van der Waals surface area contributed by atoms with Gasteiger partial charge in [-0.15, -0.1) is 0 Å². The van der Waals surface area contributed by atoms with Crippen molar-refractivity contribution in [3.8, 4) is 28.3 Å². The normalized spacial score (nSPS) is 13.1. The van der Waals surface area contributed by atoms with E-state index < -0.39 is 5.72 Å². The number of halogens is 1. The lowest BCUT2D eigenvalue weighted by Crippen LogP contribution is -2.42. The first-order valence-electron chi connectivity index (χ1n) is 12.0. The molecule has 6 heteroatoms. The largest absolute Gasteiger partial charge is 0.463 e. The van der Waals surface area contributed by atoms with Crippen LogP contribution in [-0.2, 0) is 12.3 Å². The summed E-state index contributed by atoms with van der Waals surface area (Å²) in [5.41, 5.74) is 4.28. The van der Waals surface area contributed by atoms with E-state index in [1.807, 2.05) is 96.5 Å². The summed E-state index contributed by atoms with van der Waals surface area (Å²) < 4.78 is 20.9. The van der Waals surface area contributed by atoms with Gasteiger partial charge in [-0.1, -0.05) is 61.5 Å². The predicted molar refractivity (Wildman–Crippen MR) is 139 cm³/mol. The zero-order valence-electron chi connectivity index (χ0n) is 20.3. The number of furan rings is 1. The lowest BCUT2D eigenvalue weighted by Gasteiger charge is -2.37. The van der Waals surface area contributed by atoms with Crippen LogP contribution in [0, 0.1) is 5.82 Å². The quantitative estimate of drug-likeness (QED) is 0.253. The smallest absolute Gasteiger partial charge is 0.152 e. The third-order valence-electron chi connectivity index (χ3n) is 6.66. The summed E-state index contributed by atoms with van der Waals surface area (Å²) >= 11 is 0. The van der Waals surface area contributed by atoms with E-state index in [1.165, 1.54) is 12.1 Å². The topological polar surface area (TPSA) is 54.4 Å². The van der Waals surface area contributed by atoms with Crippen LogP contribution in [0.15, 0.2) is 108 Å². The number of rotatable bonds is 8. The number of benzene rings is 3. The molecule has 36 heavy (non-hydrogen) atoms. The third kappa shape index (κ3) is 4.49. The minimum absolute atomic E-state index is 0.255. The van der Waals surface area contributed by atoms with Crippen LogP contribution in [0.1, 0.15) is 24.5 Å². The standard InChI is InChI=1S/C30H28FN3O2/c1-3-30(35,25-8-5-4-6-9-25)33(2)21-24-20-32-34(29(24)28-10-7-19-36-28)27-17-13-23(14-18-27)22-11-15-26(31)16-12-22/h4-20,35H,3,21H2,1-2H3. The van der Waals surface area contributed by atoms with Crippen LogP contribution in [0.5, 0.6) is 0 Å². The Morgan fingerprint density at radius 2 is 1.58 bits per heavy atom. The molecule has 2 aromatic heterocycles.